The Kier molecular flexibility index (Phi) is 40.0. The molecule has 0 spiro atoms. The summed E-state index contributed by atoms with van der Waals surface area (Å²) in [5, 5.41) is 31.9. The molecule has 0 atom stereocenters. The number of halogens is 6. The summed E-state index contributed by atoms with van der Waals surface area (Å²) in [7, 11) is 9.80. The van der Waals surface area contributed by atoms with Crippen LogP contribution in [-0.4, -0.2) is 149 Å². The van der Waals surface area contributed by atoms with Crippen LogP contribution in [0.3, 0.4) is 0 Å². The Balaban J connectivity index is 0.000000326. The summed E-state index contributed by atoms with van der Waals surface area (Å²) in [4.78, 5) is 183. The number of aliphatic carboxylic acids is 1. The van der Waals surface area contributed by atoms with Crippen LogP contribution in [0.15, 0.2) is 177 Å². The largest absolute Gasteiger partial charge is 0.478 e. The van der Waals surface area contributed by atoms with Crippen molar-refractivity contribution >= 4 is 133 Å². The fraction of sp³-hybridized carbons (Fsp3) is 0.247. The van der Waals surface area contributed by atoms with Gasteiger partial charge in [0.15, 0.2) is 0 Å². The number of aryl methyl sites for hydroxylation is 11. The number of anilines is 5. The van der Waals surface area contributed by atoms with E-state index in [-0.39, 0.29) is 92.2 Å². The quantitative estimate of drug-likeness (QED) is 0.0106. The zero-order valence-corrected chi connectivity index (χ0v) is 76.1. The van der Waals surface area contributed by atoms with Crippen molar-refractivity contribution in [1.29, 1.82) is 0 Å². The second kappa shape index (κ2) is 48.5. The predicted octanol–water partition coefficient (Wildman–Crippen LogP) is 14.3. The third-order valence-electron chi connectivity index (χ3n) is 17.2. The number of nitrogens with two attached hydrogens (primary N) is 1. The number of aromatic carboxylic acids is 1. The smallest absolute Gasteiger partial charge is 0.381 e. The van der Waals surface area contributed by atoms with E-state index in [9.17, 15) is 98.7 Å². The minimum absolute atomic E-state index is 0. The molecule has 5 aromatic carbocycles. The fourth-order valence-electron chi connectivity index (χ4n) is 10.7. The number of ketones is 6. The minimum atomic E-state index is -1.60. The molecule has 0 saturated carbocycles. The molecule has 6 amide bonds. The molecule has 38 heteroatoms. The number of hydrogen-bond acceptors (Lipinski definition) is 18. The molecule has 10 N–H and O–H groups in total. The third kappa shape index (κ3) is 34.7. The first-order valence-electron chi connectivity index (χ1n) is 39.2. The lowest BCUT2D eigenvalue weighted by Crippen LogP contribution is -2.44. The Morgan fingerprint density at radius 2 is 0.687 bits per heavy atom. The van der Waals surface area contributed by atoms with Crippen LogP contribution in [0.1, 0.15) is 194 Å². The maximum Gasteiger partial charge on any atom is 0.381 e. The van der Waals surface area contributed by atoms with Gasteiger partial charge in [0.05, 0.1) is 57.1 Å². The molecule has 694 valence electrons. The second-order valence-corrected chi connectivity index (χ2v) is 31.5. The van der Waals surface area contributed by atoms with Gasteiger partial charge in [-0.3, -0.25) is 62.3 Å². The second-order valence-electron chi connectivity index (χ2n) is 31.2. The van der Waals surface area contributed by atoms with Gasteiger partial charge in [0.25, 0.3) is 58.0 Å². The monoisotopic (exact) mass is 1830 g/mol. The maximum absolute atomic E-state index is 13.3. The molecule has 0 aliphatic carbocycles. The van der Waals surface area contributed by atoms with Crippen LogP contribution in [0.25, 0.3) is 0 Å². The standard InChI is InChI=1S/C19H22FN3O3.C17H17FN2O4.C16H15FN2O3.C15H13FN2O4.C13H13FN2O.C6H7NO2.C4H11N.C3H3ClO2/c1-11-8-13(6-7-14(11)20)21-17(25)12-9-15(23(5)10-12)16(24)18(26)22-19(2,3)4;1-4-24-17(23)15(21)14-8-11(9-20(14)3)16(22)19-12-5-6-13(18)10(2)7-12;1-9-8-11(4-5-13(9)17)18-16(22)12-6-7-19(3)14(12)15(21)10(2)20;1-8-5-10(3-4-11(8)16)17-14(20)9-6-12(18(2)7-9)13(19)15(21)22;1-9-7-11(3-4-12(9)14)15-13(17)10-5-6-16(2)8-10;1-7-3-2-5(4-7)6(8)9;1-4(2,3)5;1-2(5)3(4)6/h6-10H,1-5H3,(H,21,25)(H,22,26);5-9H,4H2,1-3H3,(H,19,22);4-8H,1-3H3,(H,18,22);3-7H,1-2H3,(H,17,20)(H,21,22);3-8H,1-2H3,(H,15,17);2-4H,1H3,(H,8,9);5H2,1-3H3;1H3. The maximum atomic E-state index is 13.3. The van der Waals surface area contributed by atoms with Crippen LogP contribution in [0, 0.1) is 63.7 Å². The normalized spacial score (nSPS) is 10.4. The number of esters is 1. The Labute approximate surface area is 755 Å². The number of aromatic nitrogens is 6. The van der Waals surface area contributed by atoms with E-state index >= 15 is 0 Å². The number of carbonyl (C=O) groups is 16. The lowest BCUT2D eigenvalue weighted by Gasteiger charge is -2.19. The Morgan fingerprint density at radius 3 is 0.947 bits per heavy atom. The van der Waals surface area contributed by atoms with Crippen molar-refractivity contribution in [2.45, 2.75) is 108 Å². The summed E-state index contributed by atoms with van der Waals surface area (Å²) >= 11 is 4.62. The Bertz CT molecular complexity index is 6130. The molecule has 0 radical (unpaired) electrons. The fourth-order valence-corrected chi connectivity index (χ4v) is 10.7. The van der Waals surface area contributed by atoms with Gasteiger partial charge in [0.2, 0.25) is 17.3 Å². The van der Waals surface area contributed by atoms with Crippen LogP contribution in [0.4, 0.5) is 50.4 Å². The molecule has 6 heterocycles. The summed E-state index contributed by atoms with van der Waals surface area (Å²) in [5.74, 6) is -12.7. The van der Waals surface area contributed by atoms with E-state index < -0.39 is 92.9 Å². The average Bonchev–Trinajstić information content (AvgIpc) is 1.68. The van der Waals surface area contributed by atoms with E-state index in [1.54, 1.807) is 149 Å². The average molecular weight is 1840 g/mol. The lowest BCUT2D eigenvalue weighted by atomic mass is 10.1. The van der Waals surface area contributed by atoms with Gasteiger partial charge in [-0.25, -0.2) is 36.3 Å². The van der Waals surface area contributed by atoms with Crippen molar-refractivity contribution in [2.24, 2.45) is 48.0 Å². The van der Waals surface area contributed by atoms with Crippen LogP contribution in [0.5, 0.6) is 0 Å². The SMILES string of the molecule is CC(=O)C(=O)Cl.CC(=O)C(=O)c1c(C(=O)Nc2ccc(F)c(C)c2)ccn1C.CC(C)(C)N.CCOC(=O)C(=O)c1cc(C(=O)Nc2ccc(F)c(C)c2)cn1C.Cc1cc(NC(=O)c2cc(C(=O)C(=O)NC(C)(C)C)n(C)c2)ccc1F.Cc1cc(NC(=O)c2cc(C(=O)C(=O)O)n(C)c2)ccc1F.Cc1cc(NC(=O)c2ccn(C)c2)ccc1F.Cn1ccc(C(=O)O)c1. The topological polar surface area (TPSA) is 451 Å². The number of benzene rings is 5. The molecule has 0 fully saturated rings. The van der Waals surface area contributed by atoms with E-state index in [0.29, 0.717) is 67.4 Å². The first-order chi connectivity index (χ1) is 60.8. The predicted molar refractivity (Wildman–Crippen MR) is 481 cm³/mol. The van der Waals surface area contributed by atoms with Crippen molar-refractivity contribution in [2.75, 3.05) is 33.2 Å². The molecule has 0 saturated heterocycles. The number of ether oxygens (including phenoxy) is 1. The van der Waals surface area contributed by atoms with Gasteiger partial charge in [-0.1, -0.05) is 0 Å². The summed E-state index contributed by atoms with van der Waals surface area (Å²) < 4.78 is 79.6. The highest BCUT2D eigenvalue weighted by molar-refractivity contribution is 6.81. The van der Waals surface area contributed by atoms with Crippen LogP contribution < -0.4 is 37.6 Å². The van der Waals surface area contributed by atoms with Gasteiger partial charge in [-0.2, -0.15) is 0 Å². The molecule has 0 aliphatic heterocycles. The zero-order chi connectivity index (χ0) is 99.3. The van der Waals surface area contributed by atoms with Gasteiger partial charge in [-0.15, -0.1) is 0 Å². The summed E-state index contributed by atoms with van der Waals surface area (Å²) in [6.45, 7) is 23.2. The van der Waals surface area contributed by atoms with Gasteiger partial charge in [0, 0.05) is 145 Å². The lowest BCUT2D eigenvalue weighted by molar-refractivity contribution is -0.137. The molecule has 32 nitrogen and oxygen atoms in total. The van der Waals surface area contributed by atoms with Gasteiger partial charge >= 0.3 is 17.9 Å². The van der Waals surface area contributed by atoms with Gasteiger partial charge in [-0.05, 0) is 250 Å². The number of carboxylic acid groups (broad SMARTS) is 2. The highest BCUT2D eigenvalue weighted by atomic mass is 35.5. The van der Waals surface area contributed by atoms with E-state index in [2.05, 4.69) is 48.2 Å². The van der Waals surface area contributed by atoms with Crippen LogP contribution in [-0.2, 0) is 75.8 Å². The number of carboxylic acids is 2. The van der Waals surface area contributed by atoms with Crippen molar-refractivity contribution in [1.82, 2.24) is 32.7 Å². The molecule has 11 aromatic rings. The molecule has 0 aliphatic rings. The number of amides is 6. The van der Waals surface area contributed by atoms with Crippen molar-refractivity contribution in [3.05, 3.63) is 290 Å². The van der Waals surface area contributed by atoms with Gasteiger partial charge in [0.1, 0.15) is 34.8 Å². The molecular weight excluding hydrogens is 1730 g/mol. The third-order valence-corrected chi connectivity index (χ3v) is 17.5. The molecule has 11 rings (SSSR count). The molecule has 0 bridgehead atoms. The minimum Gasteiger partial charge on any atom is -0.478 e. The number of rotatable bonds is 21. The Morgan fingerprint density at radius 1 is 0.389 bits per heavy atom. The molecular formula is C93H101ClF5N13O19. The number of nitrogens with zero attached hydrogens (tertiary/aromatic N) is 6. The van der Waals surface area contributed by atoms with E-state index in [4.69, 9.17) is 15.9 Å². The van der Waals surface area contributed by atoms with E-state index in [1.807, 2.05) is 27.8 Å². The van der Waals surface area contributed by atoms with Crippen molar-refractivity contribution in [3.8, 4) is 0 Å². The van der Waals surface area contributed by atoms with E-state index in [1.165, 1.54) is 153 Å². The number of Topliss-reactive ketones (excluding diaryl/α,β-unsaturated/α-hetero) is 6. The summed E-state index contributed by atoms with van der Waals surface area (Å²) in [6.07, 6.45) is 12.5. The first-order valence-corrected chi connectivity index (χ1v) is 39.6. The van der Waals surface area contributed by atoms with Crippen molar-refractivity contribution < 1.29 is 114 Å². The zero-order valence-electron chi connectivity index (χ0n) is 75.3. The number of nitrogens with one attached hydrogen (secondary N) is 6. The van der Waals surface area contributed by atoms with Crippen molar-refractivity contribution in [3.63, 3.8) is 0 Å². The van der Waals surface area contributed by atoms with E-state index in [0.717, 1.165) is 13.8 Å². The highest BCUT2D eigenvalue weighted by Gasteiger charge is 2.29. The van der Waals surface area contributed by atoms with Crippen LogP contribution >= 0.6 is 11.6 Å². The summed E-state index contributed by atoms with van der Waals surface area (Å²) in [5.41, 5.74) is 10.8. The first kappa shape index (κ1) is 108. The van der Waals surface area contributed by atoms with Crippen LogP contribution in [0.2, 0.25) is 0 Å². The molecule has 131 heavy (non-hydrogen) atoms. The number of hydrogen-bond donors (Lipinski definition) is 9. The summed E-state index contributed by atoms with van der Waals surface area (Å²) in [6, 6.07) is 29.8. The number of carbonyl (C=O) groups excluding carboxylic acids is 14. The molecule has 6 aromatic heterocycles. The molecule has 0 unspecified atom stereocenters. The highest BCUT2D eigenvalue weighted by Crippen LogP contribution is 2.24. The Hall–Kier alpha value is -15.4. The van der Waals surface area contributed by atoms with Gasteiger partial charge < -0.3 is 80.0 Å².